The Bertz CT molecular complexity index is 237. The van der Waals surface area contributed by atoms with Crippen LogP contribution < -0.4 is 5.32 Å². The first-order valence-corrected chi connectivity index (χ1v) is 3.83. The zero-order valence-electron chi connectivity index (χ0n) is 7.33. The second-order valence-electron chi connectivity index (χ2n) is 2.68. The van der Waals surface area contributed by atoms with Crippen molar-refractivity contribution < 1.29 is 23.8 Å². The largest absolute Gasteiger partial charge is 0.477 e. The molecule has 1 atom stereocenters. The molecule has 0 radical (unpaired) electrons. The number of carboxylic acid groups (broad SMARTS) is 1. The van der Waals surface area contributed by atoms with E-state index in [1.807, 2.05) is 0 Å². The van der Waals surface area contributed by atoms with E-state index in [4.69, 9.17) is 16.6 Å². The van der Waals surface area contributed by atoms with Gasteiger partial charge in [-0.1, -0.05) is 0 Å². The van der Waals surface area contributed by atoms with E-state index in [9.17, 15) is 13.6 Å². The van der Waals surface area contributed by atoms with Crippen molar-refractivity contribution in [2.75, 3.05) is 13.2 Å². The molecule has 14 heavy (non-hydrogen) atoms. The molecule has 0 rings (SSSR count). The van der Waals surface area contributed by atoms with Gasteiger partial charge in [0.15, 0.2) is 0 Å². The van der Waals surface area contributed by atoms with E-state index in [0.29, 0.717) is 0 Å². The Morgan fingerprint density at radius 3 is 2.57 bits per heavy atom. The summed E-state index contributed by atoms with van der Waals surface area (Å²) in [5.41, 5.74) is 0. The molecule has 0 bridgehead atoms. The van der Waals surface area contributed by atoms with Crippen LogP contribution in [0.15, 0.2) is 0 Å². The Morgan fingerprint density at radius 1 is 1.64 bits per heavy atom. The van der Waals surface area contributed by atoms with Crippen LogP contribution in [0.25, 0.3) is 0 Å². The van der Waals surface area contributed by atoms with E-state index < -0.39 is 31.1 Å². The fourth-order valence-electron chi connectivity index (χ4n) is 0.692. The Kier molecular flexibility index (Phi) is 5.05. The maximum atomic E-state index is 12.5. The molecule has 0 aromatic heterocycles. The number of aliphatic hydroxyl groups excluding tert-OH is 1. The Hall–Kier alpha value is -1.19. The Labute approximate surface area is 79.9 Å². The highest BCUT2D eigenvalue weighted by Gasteiger charge is 2.38. The number of hydrogen-bond acceptors (Lipinski definition) is 3. The number of aliphatic carboxylic acids is 1. The molecule has 1 unspecified atom stereocenters. The summed E-state index contributed by atoms with van der Waals surface area (Å²) in [5.74, 6) is -3.88. The van der Waals surface area contributed by atoms with Crippen molar-refractivity contribution in [2.45, 2.75) is 18.4 Å². The van der Waals surface area contributed by atoms with E-state index in [2.05, 4.69) is 11.2 Å². The van der Waals surface area contributed by atoms with Crippen molar-refractivity contribution in [3.05, 3.63) is 0 Å². The van der Waals surface area contributed by atoms with Gasteiger partial charge in [0, 0.05) is 12.5 Å². The summed E-state index contributed by atoms with van der Waals surface area (Å²) in [6.07, 6.45) is 4.96. The fraction of sp³-hybridized carbons (Fsp3) is 0.625. The van der Waals surface area contributed by atoms with Crippen LogP contribution in [-0.2, 0) is 4.79 Å². The van der Waals surface area contributed by atoms with E-state index >= 15 is 0 Å². The molecule has 0 aromatic rings. The Morgan fingerprint density at radius 2 is 2.21 bits per heavy atom. The number of terminal acetylenes is 1. The monoisotopic (exact) mass is 207 g/mol. The van der Waals surface area contributed by atoms with Crippen molar-refractivity contribution >= 4 is 5.97 Å². The van der Waals surface area contributed by atoms with Crippen LogP contribution >= 0.6 is 0 Å². The Balaban J connectivity index is 4.03. The van der Waals surface area contributed by atoms with Crippen LogP contribution in [-0.4, -0.2) is 41.3 Å². The third kappa shape index (κ3) is 4.16. The number of aliphatic hydroxyl groups is 1. The first-order chi connectivity index (χ1) is 6.44. The molecule has 0 saturated carbocycles. The number of rotatable bonds is 6. The molecule has 0 heterocycles. The molecular weight excluding hydrogens is 196 g/mol. The molecule has 0 aliphatic rings. The fourth-order valence-corrected chi connectivity index (χ4v) is 0.692. The lowest BCUT2D eigenvalue weighted by Gasteiger charge is -2.17. The van der Waals surface area contributed by atoms with Crippen molar-refractivity contribution in [3.63, 3.8) is 0 Å². The normalized spacial score (nSPS) is 13.3. The second-order valence-corrected chi connectivity index (χ2v) is 2.68. The summed E-state index contributed by atoms with van der Waals surface area (Å²) in [6.45, 7) is -1.46. The lowest BCUT2D eigenvalue weighted by atomic mass is 10.2. The van der Waals surface area contributed by atoms with Gasteiger partial charge < -0.3 is 15.5 Å². The van der Waals surface area contributed by atoms with Crippen LogP contribution in [0.5, 0.6) is 0 Å². The van der Waals surface area contributed by atoms with Crippen molar-refractivity contribution in [2.24, 2.45) is 0 Å². The minimum atomic E-state index is -3.85. The summed E-state index contributed by atoms with van der Waals surface area (Å²) < 4.78 is 25.0. The predicted molar refractivity (Wildman–Crippen MR) is 44.9 cm³/mol. The summed E-state index contributed by atoms with van der Waals surface area (Å²) in [4.78, 5) is 9.99. The first kappa shape index (κ1) is 12.8. The zero-order chi connectivity index (χ0) is 11.2. The lowest BCUT2D eigenvalue weighted by Crippen LogP contribution is -2.45. The predicted octanol–water partition coefficient (Wildman–Crippen LogP) is -0.320. The van der Waals surface area contributed by atoms with Gasteiger partial charge in [0.25, 0.3) is 0 Å². The van der Waals surface area contributed by atoms with Gasteiger partial charge >= 0.3 is 11.9 Å². The quantitative estimate of drug-likeness (QED) is 0.522. The SMILES string of the molecule is C#CCC(CO)NCC(F)(F)C(=O)O. The zero-order valence-corrected chi connectivity index (χ0v) is 7.33. The van der Waals surface area contributed by atoms with Crippen LogP contribution in [0, 0.1) is 12.3 Å². The minimum Gasteiger partial charge on any atom is -0.477 e. The number of alkyl halides is 2. The van der Waals surface area contributed by atoms with E-state index in [1.165, 1.54) is 0 Å². The molecule has 3 N–H and O–H groups in total. The second kappa shape index (κ2) is 5.52. The molecule has 0 fully saturated rings. The smallest absolute Gasteiger partial charge is 0.375 e. The summed E-state index contributed by atoms with van der Waals surface area (Å²) in [6, 6.07) is -0.703. The average molecular weight is 207 g/mol. The van der Waals surface area contributed by atoms with Gasteiger partial charge in [0.1, 0.15) is 0 Å². The van der Waals surface area contributed by atoms with Crippen LogP contribution in [0.2, 0.25) is 0 Å². The van der Waals surface area contributed by atoms with E-state index in [0.717, 1.165) is 0 Å². The highest BCUT2D eigenvalue weighted by atomic mass is 19.3. The third-order valence-corrected chi connectivity index (χ3v) is 1.51. The van der Waals surface area contributed by atoms with Gasteiger partial charge in [-0.3, -0.25) is 0 Å². The average Bonchev–Trinajstić information content (AvgIpc) is 2.12. The van der Waals surface area contributed by atoms with Crippen molar-refractivity contribution in [3.8, 4) is 12.3 Å². The van der Waals surface area contributed by atoms with Crippen LogP contribution in [0.4, 0.5) is 8.78 Å². The maximum Gasteiger partial charge on any atom is 0.375 e. The molecule has 0 aromatic carbocycles. The van der Waals surface area contributed by atoms with Gasteiger partial charge in [-0.2, -0.15) is 8.78 Å². The molecule has 0 saturated heterocycles. The maximum absolute atomic E-state index is 12.5. The van der Waals surface area contributed by atoms with Crippen molar-refractivity contribution in [1.82, 2.24) is 5.32 Å². The number of nitrogens with one attached hydrogen (secondary N) is 1. The number of carboxylic acids is 1. The summed E-state index contributed by atoms with van der Waals surface area (Å²) in [7, 11) is 0. The van der Waals surface area contributed by atoms with E-state index in [1.54, 1.807) is 0 Å². The molecule has 0 aliphatic carbocycles. The van der Waals surface area contributed by atoms with Crippen LogP contribution in [0.3, 0.4) is 0 Å². The van der Waals surface area contributed by atoms with Gasteiger partial charge in [0.2, 0.25) is 0 Å². The van der Waals surface area contributed by atoms with Gasteiger partial charge in [-0.05, 0) is 0 Å². The van der Waals surface area contributed by atoms with Gasteiger partial charge in [-0.15, -0.1) is 12.3 Å². The van der Waals surface area contributed by atoms with Crippen molar-refractivity contribution in [1.29, 1.82) is 0 Å². The topological polar surface area (TPSA) is 69.6 Å². The molecule has 80 valence electrons. The number of carbonyl (C=O) groups is 1. The molecule has 0 spiro atoms. The van der Waals surface area contributed by atoms with Gasteiger partial charge in [0.05, 0.1) is 13.2 Å². The van der Waals surface area contributed by atoms with Gasteiger partial charge in [-0.25, -0.2) is 4.79 Å². The summed E-state index contributed by atoms with van der Waals surface area (Å²) >= 11 is 0. The van der Waals surface area contributed by atoms with E-state index in [-0.39, 0.29) is 6.42 Å². The highest BCUT2D eigenvalue weighted by Crippen LogP contribution is 2.11. The molecule has 6 heteroatoms. The molecule has 0 aliphatic heterocycles. The van der Waals surface area contributed by atoms with Crippen LogP contribution in [0.1, 0.15) is 6.42 Å². The standard InChI is InChI=1S/C8H11F2NO3/c1-2-3-6(4-12)11-5-8(9,10)7(13)14/h1,6,11-12H,3-5H2,(H,13,14). The first-order valence-electron chi connectivity index (χ1n) is 3.83. The third-order valence-electron chi connectivity index (χ3n) is 1.51. The highest BCUT2D eigenvalue weighted by molar-refractivity contribution is 5.75. The molecular formula is C8H11F2NO3. The number of halogens is 2. The number of hydrogen-bond donors (Lipinski definition) is 3. The molecule has 0 amide bonds. The lowest BCUT2D eigenvalue weighted by molar-refractivity contribution is -0.164. The minimum absolute atomic E-state index is 0.0617. The molecule has 4 nitrogen and oxygen atoms in total. The summed E-state index contributed by atoms with van der Waals surface area (Å²) in [5, 5.41) is 18.9.